The van der Waals surface area contributed by atoms with E-state index in [1.54, 1.807) is 41.2 Å². The molecule has 2 aliphatic rings. The van der Waals surface area contributed by atoms with Crippen LogP contribution in [0.2, 0.25) is 5.28 Å². The van der Waals surface area contributed by atoms with Crippen molar-refractivity contribution in [1.82, 2.24) is 19.5 Å². The molecule has 0 aliphatic carbocycles. The first-order valence-corrected chi connectivity index (χ1v) is 12.6. The fourth-order valence-corrected chi connectivity index (χ4v) is 5.15. The highest BCUT2D eigenvalue weighted by Gasteiger charge is 2.50. The van der Waals surface area contributed by atoms with E-state index in [1.807, 2.05) is 0 Å². The molecule has 2 aromatic heterocycles. The number of carbonyl (C=O) groups is 2. The Balaban J connectivity index is 1.38. The van der Waals surface area contributed by atoms with Crippen molar-refractivity contribution in [3.8, 4) is 12.3 Å². The van der Waals surface area contributed by atoms with Crippen LogP contribution in [0.4, 0.5) is 5.82 Å². The topological polar surface area (TPSA) is 140 Å². The molecule has 5 rings (SSSR count). The molecule has 3 atom stereocenters. The number of hydrogen-bond donors (Lipinski definition) is 2. The van der Waals surface area contributed by atoms with Gasteiger partial charge in [-0.1, -0.05) is 30.3 Å². The molecule has 0 spiro atoms. The number of halogens is 1. The minimum Gasteiger partial charge on any atom is -0.479 e. The van der Waals surface area contributed by atoms with E-state index >= 15 is 0 Å². The number of terminal acetylenes is 1. The number of anilines is 1. The first-order chi connectivity index (χ1) is 18.3. The summed E-state index contributed by atoms with van der Waals surface area (Å²) in [6.07, 6.45) is 8.12. The monoisotopic (exact) mass is 539 g/mol. The number of fused-ring (bicyclic) bond motifs is 1. The number of imidazole rings is 1. The van der Waals surface area contributed by atoms with E-state index in [1.165, 1.54) is 0 Å². The van der Waals surface area contributed by atoms with Gasteiger partial charge in [-0.3, -0.25) is 4.57 Å². The molecule has 4 heterocycles. The summed E-state index contributed by atoms with van der Waals surface area (Å²) in [5.74, 6) is -0.358. The maximum atomic E-state index is 12.2. The van der Waals surface area contributed by atoms with Gasteiger partial charge < -0.3 is 24.6 Å². The van der Waals surface area contributed by atoms with E-state index in [-0.39, 0.29) is 18.3 Å². The Hall–Kier alpha value is -3.72. The Morgan fingerprint density at radius 2 is 1.89 bits per heavy atom. The van der Waals surface area contributed by atoms with Crippen LogP contribution in [0, 0.1) is 18.3 Å². The molecule has 2 fully saturated rings. The second kappa shape index (κ2) is 10.6. The number of hydrogen-bond acceptors (Lipinski definition) is 8. The molecule has 0 amide bonds. The summed E-state index contributed by atoms with van der Waals surface area (Å²) < 4.78 is 13.5. The Labute approximate surface area is 223 Å². The molecule has 198 valence electrons. The molecule has 1 aromatic carbocycles. The standard InChI is InChI=1S/C26H26ClN5O6/c1-2-17-12-19(32-15-28-20-21(31-10-6-7-11-31)29-25(27)30-22(20)32)38-18(17)14-37-26(23(33)34,24(35)36)13-16-8-4-3-5-9-16/h1,3-5,8-9,15,17-19H,6-7,10-14H2,(H,33,34)(H,35,36). The molecule has 0 saturated carbocycles. The predicted octanol–water partition coefficient (Wildman–Crippen LogP) is 2.78. The Morgan fingerprint density at radius 1 is 1.18 bits per heavy atom. The van der Waals surface area contributed by atoms with Crippen LogP contribution >= 0.6 is 11.6 Å². The summed E-state index contributed by atoms with van der Waals surface area (Å²) in [5, 5.41) is 19.9. The average molecular weight is 540 g/mol. The highest BCUT2D eigenvalue weighted by Crippen LogP contribution is 2.37. The van der Waals surface area contributed by atoms with Crippen LogP contribution in [0.5, 0.6) is 0 Å². The van der Waals surface area contributed by atoms with Crippen LogP contribution in [-0.4, -0.2) is 73.1 Å². The fourth-order valence-electron chi connectivity index (χ4n) is 4.99. The summed E-state index contributed by atoms with van der Waals surface area (Å²) in [6.45, 7) is 1.37. The van der Waals surface area contributed by atoms with Gasteiger partial charge in [0.1, 0.15) is 6.23 Å². The minimum atomic E-state index is -2.50. The van der Waals surface area contributed by atoms with E-state index in [0.29, 0.717) is 29.0 Å². The van der Waals surface area contributed by atoms with E-state index in [9.17, 15) is 19.8 Å². The number of carboxylic acid groups (broad SMARTS) is 2. The van der Waals surface area contributed by atoms with Crippen molar-refractivity contribution in [3.63, 3.8) is 0 Å². The first-order valence-electron chi connectivity index (χ1n) is 12.2. The fraction of sp³-hybridized carbons (Fsp3) is 0.423. The number of nitrogens with zero attached hydrogens (tertiary/aromatic N) is 5. The van der Waals surface area contributed by atoms with Crippen LogP contribution in [0.15, 0.2) is 36.7 Å². The Kier molecular flexibility index (Phi) is 7.21. The van der Waals surface area contributed by atoms with Gasteiger partial charge >= 0.3 is 11.9 Å². The number of ether oxygens (including phenoxy) is 2. The molecule has 2 N–H and O–H groups in total. The third kappa shape index (κ3) is 4.78. The molecule has 2 saturated heterocycles. The lowest BCUT2D eigenvalue weighted by molar-refractivity contribution is -0.188. The van der Waals surface area contributed by atoms with Gasteiger partial charge in [0, 0.05) is 25.9 Å². The lowest BCUT2D eigenvalue weighted by Gasteiger charge is -2.27. The third-order valence-electron chi connectivity index (χ3n) is 7.02. The van der Waals surface area contributed by atoms with Crippen LogP contribution in [0.3, 0.4) is 0 Å². The molecule has 2 aliphatic heterocycles. The SMILES string of the molecule is C#CC1CC(n2cnc3c(N4CCCC4)nc(Cl)nc32)OC1COC(Cc1ccccc1)(C(=O)O)C(=O)O. The van der Waals surface area contributed by atoms with E-state index in [4.69, 9.17) is 27.5 Å². The smallest absolute Gasteiger partial charge is 0.348 e. The number of carboxylic acids is 2. The average Bonchev–Trinajstić information content (AvgIpc) is 3.66. The molecule has 11 nitrogen and oxygen atoms in total. The van der Waals surface area contributed by atoms with Gasteiger partial charge in [-0.2, -0.15) is 9.97 Å². The second-order valence-electron chi connectivity index (χ2n) is 9.38. The molecular weight excluding hydrogens is 514 g/mol. The van der Waals surface area contributed by atoms with E-state index in [2.05, 4.69) is 25.8 Å². The molecule has 3 aromatic rings. The van der Waals surface area contributed by atoms with Crippen LogP contribution < -0.4 is 4.90 Å². The zero-order chi connectivity index (χ0) is 26.9. The van der Waals surface area contributed by atoms with Gasteiger partial charge in [-0.15, -0.1) is 12.3 Å². The lowest BCUT2D eigenvalue weighted by atomic mass is 9.94. The summed E-state index contributed by atoms with van der Waals surface area (Å²) in [4.78, 5) is 39.7. The maximum Gasteiger partial charge on any atom is 0.348 e. The molecule has 12 heteroatoms. The summed E-state index contributed by atoms with van der Waals surface area (Å²) in [7, 11) is 0. The molecule has 0 radical (unpaired) electrons. The number of aromatic nitrogens is 4. The normalized spacial score (nSPS) is 21.6. The van der Waals surface area contributed by atoms with Gasteiger partial charge in [0.15, 0.2) is 17.0 Å². The van der Waals surface area contributed by atoms with Crippen LogP contribution in [0.25, 0.3) is 11.2 Å². The van der Waals surface area contributed by atoms with Crippen molar-refractivity contribution in [2.24, 2.45) is 5.92 Å². The van der Waals surface area contributed by atoms with Crippen molar-refractivity contribution in [3.05, 3.63) is 47.5 Å². The summed E-state index contributed by atoms with van der Waals surface area (Å²) in [5.41, 5.74) is -0.917. The van der Waals surface area contributed by atoms with Crippen molar-refractivity contribution in [1.29, 1.82) is 0 Å². The highest BCUT2D eigenvalue weighted by atomic mass is 35.5. The van der Waals surface area contributed by atoms with Crippen molar-refractivity contribution in [2.75, 3.05) is 24.6 Å². The summed E-state index contributed by atoms with van der Waals surface area (Å²) in [6, 6.07) is 8.43. The van der Waals surface area contributed by atoms with Gasteiger partial charge in [0.05, 0.1) is 25.0 Å². The van der Waals surface area contributed by atoms with Gasteiger partial charge in [-0.25, -0.2) is 14.6 Å². The predicted molar refractivity (Wildman–Crippen MR) is 137 cm³/mol. The van der Waals surface area contributed by atoms with Crippen molar-refractivity contribution < 1.29 is 29.3 Å². The maximum absolute atomic E-state index is 12.2. The zero-order valence-corrected chi connectivity index (χ0v) is 21.1. The van der Waals surface area contributed by atoms with Gasteiger partial charge in [0.25, 0.3) is 5.60 Å². The van der Waals surface area contributed by atoms with Crippen molar-refractivity contribution in [2.45, 2.75) is 43.6 Å². The van der Waals surface area contributed by atoms with Gasteiger partial charge in [0.2, 0.25) is 5.28 Å². The zero-order valence-electron chi connectivity index (χ0n) is 20.4. The van der Waals surface area contributed by atoms with Crippen molar-refractivity contribution >= 4 is 40.5 Å². The third-order valence-corrected chi connectivity index (χ3v) is 7.19. The Bertz CT molecular complexity index is 1370. The van der Waals surface area contributed by atoms with E-state index < -0.39 is 35.8 Å². The number of rotatable bonds is 9. The second-order valence-corrected chi connectivity index (χ2v) is 9.72. The minimum absolute atomic E-state index is 0.0844. The van der Waals surface area contributed by atoms with E-state index in [0.717, 1.165) is 25.9 Å². The lowest BCUT2D eigenvalue weighted by Crippen LogP contribution is -2.52. The quantitative estimate of drug-likeness (QED) is 0.237. The summed E-state index contributed by atoms with van der Waals surface area (Å²) >= 11 is 6.25. The molecule has 38 heavy (non-hydrogen) atoms. The largest absolute Gasteiger partial charge is 0.479 e. The molecular formula is C26H26ClN5O6. The Morgan fingerprint density at radius 3 is 2.55 bits per heavy atom. The van der Waals surface area contributed by atoms with Gasteiger partial charge in [-0.05, 0) is 30.0 Å². The van der Waals surface area contributed by atoms with Crippen LogP contribution in [0.1, 0.15) is 31.1 Å². The highest BCUT2D eigenvalue weighted by molar-refractivity contribution is 6.28. The molecule has 3 unspecified atom stereocenters. The van der Waals surface area contributed by atoms with Crippen LogP contribution in [-0.2, 0) is 25.5 Å². The number of aliphatic carboxylic acids is 2. The molecule has 0 bridgehead atoms. The number of benzene rings is 1. The first kappa shape index (κ1) is 25.9.